The highest BCUT2D eigenvalue weighted by Crippen LogP contribution is 2.64. The monoisotopic (exact) mass is 369 g/mol. The highest BCUT2D eigenvalue weighted by atomic mass is 16.5. The summed E-state index contributed by atoms with van der Waals surface area (Å²) in [6, 6.07) is 27.3. The summed E-state index contributed by atoms with van der Waals surface area (Å²) in [6.07, 6.45) is -0.257. The number of carbonyl (C=O) groups excluding carboxylic acids is 2. The second-order valence-electron chi connectivity index (χ2n) is 7.25. The molecule has 0 radical (unpaired) electrons. The molecule has 2 amide bonds. The van der Waals surface area contributed by atoms with Gasteiger partial charge in [-0.2, -0.15) is 0 Å². The maximum atomic E-state index is 13.5. The molecule has 4 heteroatoms. The van der Waals surface area contributed by atoms with Crippen molar-refractivity contribution in [2.75, 3.05) is 4.90 Å². The first-order valence-electron chi connectivity index (χ1n) is 9.37. The van der Waals surface area contributed by atoms with Crippen LogP contribution in [0.3, 0.4) is 0 Å². The molecule has 5 rings (SSSR count). The number of ether oxygens (including phenoxy) is 1. The van der Waals surface area contributed by atoms with E-state index in [1.165, 1.54) is 11.8 Å². The molecule has 0 N–H and O–H groups in total. The number of hydrogen-bond acceptors (Lipinski definition) is 3. The Kier molecular flexibility index (Phi) is 3.71. The average Bonchev–Trinajstić information content (AvgIpc) is 2.97. The molecule has 1 spiro atoms. The molecule has 0 unspecified atom stereocenters. The van der Waals surface area contributed by atoms with Crippen LogP contribution < -0.4 is 4.90 Å². The van der Waals surface area contributed by atoms with Crippen molar-refractivity contribution in [1.82, 2.24) is 0 Å². The first kappa shape index (κ1) is 16.9. The highest BCUT2D eigenvalue weighted by Gasteiger charge is 2.68. The van der Waals surface area contributed by atoms with Gasteiger partial charge in [-0.15, -0.1) is 0 Å². The predicted octanol–water partition coefficient (Wildman–Crippen LogP) is 4.33. The van der Waals surface area contributed by atoms with Crippen LogP contribution in [-0.4, -0.2) is 11.8 Å². The van der Waals surface area contributed by atoms with Crippen molar-refractivity contribution < 1.29 is 14.3 Å². The Bertz CT molecular complexity index is 1060. The van der Waals surface area contributed by atoms with Gasteiger partial charge in [-0.25, -0.2) is 4.90 Å². The number of nitrogens with zero attached hydrogens (tertiary/aromatic N) is 1. The number of anilines is 1. The molecule has 0 aliphatic carbocycles. The van der Waals surface area contributed by atoms with Gasteiger partial charge in [-0.1, -0.05) is 78.9 Å². The number of rotatable bonds is 2. The number of carbonyl (C=O) groups is 2. The minimum absolute atomic E-state index is 0.214. The number of fused-ring (bicyclic) bond motifs is 2. The van der Waals surface area contributed by atoms with E-state index >= 15 is 0 Å². The van der Waals surface area contributed by atoms with Gasteiger partial charge in [0.15, 0.2) is 5.60 Å². The van der Waals surface area contributed by atoms with Gasteiger partial charge in [0, 0.05) is 12.5 Å². The predicted molar refractivity (Wildman–Crippen MR) is 106 cm³/mol. The lowest BCUT2D eigenvalue weighted by Gasteiger charge is -2.52. The van der Waals surface area contributed by atoms with Crippen LogP contribution in [0.2, 0.25) is 0 Å². The third-order valence-electron chi connectivity index (χ3n) is 5.72. The van der Waals surface area contributed by atoms with Gasteiger partial charge in [0.05, 0.1) is 17.7 Å². The van der Waals surface area contributed by atoms with Gasteiger partial charge in [-0.05, 0) is 17.2 Å². The number of imide groups is 1. The molecule has 0 bridgehead atoms. The van der Waals surface area contributed by atoms with Crippen LogP contribution in [0.1, 0.15) is 35.6 Å². The van der Waals surface area contributed by atoms with E-state index in [-0.39, 0.29) is 23.8 Å². The Balaban J connectivity index is 1.71. The Morgan fingerprint density at radius 1 is 0.857 bits per heavy atom. The van der Waals surface area contributed by atoms with Crippen LogP contribution in [0.4, 0.5) is 5.69 Å². The van der Waals surface area contributed by atoms with Gasteiger partial charge in [0.25, 0.3) is 5.91 Å². The summed E-state index contributed by atoms with van der Waals surface area (Å²) < 4.78 is 6.42. The molecule has 1 saturated heterocycles. The summed E-state index contributed by atoms with van der Waals surface area (Å²) in [7, 11) is 0. The normalized spacial score (nSPS) is 25.5. The quantitative estimate of drug-likeness (QED) is 0.675. The van der Waals surface area contributed by atoms with Gasteiger partial charge in [-0.3, -0.25) is 9.59 Å². The van der Waals surface area contributed by atoms with Crippen molar-refractivity contribution in [3.05, 3.63) is 102 Å². The first-order valence-corrected chi connectivity index (χ1v) is 9.37. The van der Waals surface area contributed by atoms with E-state index in [1.807, 2.05) is 84.9 Å². The van der Waals surface area contributed by atoms with Crippen LogP contribution in [-0.2, 0) is 19.9 Å². The van der Waals surface area contributed by atoms with Crippen molar-refractivity contribution in [3.8, 4) is 0 Å². The number of hydrogen-bond donors (Lipinski definition) is 0. The minimum atomic E-state index is -1.18. The third-order valence-corrected chi connectivity index (χ3v) is 5.72. The van der Waals surface area contributed by atoms with Crippen LogP contribution >= 0.6 is 0 Å². The molecule has 3 aromatic carbocycles. The number of benzene rings is 3. The van der Waals surface area contributed by atoms with E-state index in [4.69, 9.17) is 4.74 Å². The fourth-order valence-electron chi connectivity index (χ4n) is 4.56. The average molecular weight is 369 g/mol. The molecule has 28 heavy (non-hydrogen) atoms. The third kappa shape index (κ3) is 2.15. The fraction of sp³-hybridized carbons (Fsp3) is 0.167. The van der Waals surface area contributed by atoms with E-state index in [2.05, 4.69) is 0 Å². The lowest BCUT2D eigenvalue weighted by atomic mass is 9.68. The fourth-order valence-corrected chi connectivity index (χ4v) is 4.56. The zero-order valence-corrected chi connectivity index (χ0v) is 15.4. The highest BCUT2D eigenvalue weighted by molar-refractivity contribution is 6.22. The van der Waals surface area contributed by atoms with Crippen molar-refractivity contribution in [2.24, 2.45) is 0 Å². The molecule has 0 aromatic heterocycles. The van der Waals surface area contributed by atoms with Crippen LogP contribution in [0.25, 0.3) is 0 Å². The van der Waals surface area contributed by atoms with Crippen LogP contribution in [0, 0.1) is 0 Å². The molecule has 2 aliphatic heterocycles. The lowest BCUT2D eigenvalue weighted by Crippen LogP contribution is -2.57. The molecular weight excluding hydrogens is 350 g/mol. The molecule has 0 saturated carbocycles. The summed E-state index contributed by atoms with van der Waals surface area (Å²) in [4.78, 5) is 27.1. The second-order valence-corrected chi connectivity index (χ2v) is 7.25. The molecule has 4 nitrogen and oxygen atoms in total. The zero-order chi connectivity index (χ0) is 19.3. The Hall–Kier alpha value is -3.24. The zero-order valence-electron chi connectivity index (χ0n) is 15.4. The van der Waals surface area contributed by atoms with E-state index in [1.54, 1.807) is 0 Å². The maximum Gasteiger partial charge on any atom is 0.271 e. The standard InChI is InChI=1S/C24H19NO3/c1-16(26)25-20-15-9-8-14-19(20)24(23(25)27)21(17-10-4-2-5-11-17)22(28-24)18-12-6-3-7-13-18/h2-15,21-22H,1H3/t21-,22-,24-/m0/s1. The largest absolute Gasteiger partial charge is 0.351 e. The van der Waals surface area contributed by atoms with Crippen molar-refractivity contribution >= 4 is 17.5 Å². The smallest absolute Gasteiger partial charge is 0.271 e. The molecule has 3 atom stereocenters. The summed E-state index contributed by atoms with van der Waals surface area (Å²) in [5, 5.41) is 0. The molecule has 138 valence electrons. The maximum absolute atomic E-state index is 13.5. The lowest BCUT2D eigenvalue weighted by molar-refractivity contribution is -0.229. The van der Waals surface area contributed by atoms with Crippen molar-refractivity contribution in [2.45, 2.75) is 24.5 Å². The summed E-state index contributed by atoms with van der Waals surface area (Å²) >= 11 is 0. The number of amides is 2. The number of para-hydroxylation sites is 1. The summed E-state index contributed by atoms with van der Waals surface area (Å²) in [6.45, 7) is 1.42. The molecule has 2 heterocycles. The first-order chi connectivity index (χ1) is 13.6. The summed E-state index contributed by atoms with van der Waals surface area (Å²) in [5.41, 5.74) is 2.25. The SMILES string of the molecule is CC(=O)N1C(=O)[C@]2(O[C@@H](c3ccccc3)[C@@H]2c2ccccc2)c2ccccc21. The molecule has 2 aliphatic rings. The molecule has 3 aromatic rings. The van der Waals surface area contributed by atoms with E-state index in [0.717, 1.165) is 16.7 Å². The van der Waals surface area contributed by atoms with Crippen LogP contribution in [0.5, 0.6) is 0 Å². The second kappa shape index (κ2) is 6.14. The van der Waals surface area contributed by atoms with E-state index < -0.39 is 5.60 Å². The Morgan fingerprint density at radius 2 is 1.43 bits per heavy atom. The van der Waals surface area contributed by atoms with E-state index in [0.29, 0.717) is 5.69 Å². The molecule has 1 fully saturated rings. The van der Waals surface area contributed by atoms with Gasteiger partial charge < -0.3 is 4.74 Å². The molecular formula is C24H19NO3. The Morgan fingerprint density at radius 3 is 2.07 bits per heavy atom. The van der Waals surface area contributed by atoms with Crippen molar-refractivity contribution in [3.63, 3.8) is 0 Å². The Labute approximate surface area is 163 Å². The van der Waals surface area contributed by atoms with Crippen molar-refractivity contribution in [1.29, 1.82) is 0 Å². The van der Waals surface area contributed by atoms with Gasteiger partial charge >= 0.3 is 0 Å². The minimum Gasteiger partial charge on any atom is -0.351 e. The van der Waals surface area contributed by atoms with Gasteiger partial charge in [0.2, 0.25) is 5.91 Å². The van der Waals surface area contributed by atoms with Crippen LogP contribution in [0.15, 0.2) is 84.9 Å². The topological polar surface area (TPSA) is 46.6 Å². The summed E-state index contributed by atoms with van der Waals surface area (Å²) in [5.74, 6) is -0.816. The van der Waals surface area contributed by atoms with E-state index in [9.17, 15) is 9.59 Å². The van der Waals surface area contributed by atoms with Gasteiger partial charge in [0.1, 0.15) is 0 Å².